The number of likely N-dealkylation sites (tertiary alicyclic amines) is 1. The molecule has 0 aliphatic carbocycles. The first-order chi connectivity index (χ1) is 13.2. The maximum atomic E-state index is 12.3. The van der Waals surface area contributed by atoms with Crippen molar-refractivity contribution < 1.29 is 4.79 Å². The van der Waals surface area contributed by atoms with Gasteiger partial charge in [-0.05, 0) is 31.0 Å². The van der Waals surface area contributed by atoms with Gasteiger partial charge in [-0.2, -0.15) is 0 Å². The third kappa shape index (κ3) is 3.80. The summed E-state index contributed by atoms with van der Waals surface area (Å²) in [5.41, 5.74) is 3.58. The van der Waals surface area contributed by atoms with Gasteiger partial charge < -0.3 is 15.6 Å². The van der Waals surface area contributed by atoms with Crippen LogP contribution in [-0.2, 0) is 6.54 Å². The molecule has 1 amide bonds. The number of aromatic amines is 1. The molecule has 3 aromatic rings. The lowest BCUT2D eigenvalue weighted by molar-refractivity contribution is 0.0963. The molecule has 3 heterocycles. The second-order valence-corrected chi connectivity index (χ2v) is 7.07. The number of carbonyl (C=O) groups excluding carboxylic acids is 1. The van der Waals surface area contributed by atoms with Gasteiger partial charge in [-0.3, -0.25) is 9.69 Å². The molecule has 140 valence electrons. The number of fused-ring (bicyclic) bond motifs is 1. The monoisotopic (exact) mass is 363 g/mol. The van der Waals surface area contributed by atoms with Gasteiger partial charge in [0.15, 0.2) is 0 Å². The third-order valence-corrected chi connectivity index (χ3v) is 5.16. The van der Waals surface area contributed by atoms with E-state index in [1.165, 1.54) is 5.56 Å². The van der Waals surface area contributed by atoms with Crippen LogP contribution in [0.2, 0.25) is 0 Å². The van der Waals surface area contributed by atoms with E-state index < -0.39 is 0 Å². The summed E-state index contributed by atoms with van der Waals surface area (Å²) in [5.74, 6) is -0.120. The number of nitrogens with one attached hydrogen (secondary N) is 3. The second kappa shape index (κ2) is 7.80. The largest absolute Gasteiger partial charge is 0.380 e. The highest BCUT2D eigenvalue weighted by molar-refractivity contribution is 6.06. The number of hydrogen-bond donors (Lipinski definition) is 3. The summed E-state index contributed by atoms with van der Waals surface area (Å²) in [7, 11) is 1.65. The molecule has 27 heavy (non-hydrogen) atoms. The fraction of sp³-hybridized carbons (Fsp3) is 0.333. The van der Waals surface area contributed by atoms with Crippen LogP contribution in [0.3, 0.4) is 0 Å². The number of aromatic nitrogens is 2. The number of piperidine rings is 1. The number of carbonyl (C=O) groups is 1. The number of rotatable bonds is 5. The average molecular weight is 363 g/mol. The van der Waals surface area contributed by atoms with E-state index in [9.17, 15) is 4.79 Å². The highest BCUT2D eigenvalue weighted by atomic mass is 16.1. The van der Waals surface area contributed by atoms with Gasteiger partial charge >= 0.3 is 0 Å². The molecule has 0 saturated carbocycles. The van der Waals surface area contributed by atoms with E-state index >= 15 is 0 Å². The number of benzene rings is 1. The third-order valence-electron chi connectivity index (χ3n) is 5.16. The normalized spacial score (nSPS) is 17.7. The van der Waals surface area contributed by atoms with E-state index in [1.807, 2.05) is 12.3 Å². The van der Waals surface area contributed by atoms with E-state index in [0.717, 1.165) is 49.2 Å². The lowest BCUT2D eigenvalue weighted by Crippen LogP contribution is -2.42. The summed E-state index contributed by atoms with van der Waals surface area (Å²) < 4.78 is 0. The number of amides is 1. The van der Waals surface area contributed by atoms with Crippen molar-refractivity contribution in [2.75, 3.05) is 25.5 Å². The smallest absolute Gasteiger partial charge is 0.254 e. The number of anilines is 1. The number of nitrogens with zero attached hydrogens (tertiary/aromatic N) is 2. The predicted octanol–water partition coefficient (Wildman–Crippen LogP) is 3.00. The summed E-state index contributed by atoms with van der Waals surface area (Å²) in [6.07, 6.45) is 5.73. The zero-order chi connectivity index (χ0) is 18.6. The molecule has 6 heteroatoms. The lowest BCUT2D eigenvalue weighted by Gasteiger charge is -2.34. The minimum Gasteiger partial charge on any atom is -0.380 e. The van der Waals surface area contributed by atoms with Crippen molar-refractivity contribution in [3.05, 3.63) is 59.9 Å². The molecule has 0 spiro atoms. The quantitative estimate of drug-likeness (QED) is 0.652. The van der Waals surface area contributed by atoms with Crippen LogP contribution in [0.1, 0.15) is 28.8 Å². The Bertz CT molecular complexity index is 921. The minimum atomic E-state index is -0.120. The Hall–Kier alpha value is -2.86. The zero-order valence-electron chi connectivity index (χ0n) is 15.5. The molecule has 1 aromatic carbocycles. The van der Waals surface area contributed by atoms with Crippen molar-refractivity contribution in [2.45, 2.75) is 25.4 Å². The van der Waals surface area contributed by atoms with Crippen molar-refractivity contribution in [1.82, 2.24) is 20.2 Å². The van der Waals surface area contributed by atoms with Crippen LogP contribution < -0.4 is 10.6 Å². The van der Waals surface area contributed by atoms with E-state index in [-0.39, 0.29) is 5.91 Å². The van der Waals surface area contributed by atoms with Crippen molar-refractivity contribution in [3.63, 3.8) is 0 Å². The van der Waals surface area contributed by atoms with Crippen LogP contribution in [0.25, 0.3) is 11.0 Å². The fourth-order valence-corrected chi connectivity index (χ4v) is 3.83. The first-order valence-electron chi connectivity index (χ1n) is 9.45. The summed E-state index contributed by atoms with van der Waals surface area (Å²) >= 11 is 0. The molecule has 2 aromatic heterocycles. The maximum Gasteiger partial charge on any atom is 0.254 e. The Morgan fingerprint density at radius 2 is 2.15 bits per heavy atom. The molecule has 4 rings (SSSR count). The van der Waals surface area contributed by atoms with Crippen LogP contribution in [0.5, 0.6) is 0 Å². The van der Waals surface area contributed by atoms with Gasteiger partial charge in [-0.15, -0.1) is 0 Å². The summed E-state index contributed by atoms with van der Waals surface area (Å²) in [6.45, 7) is 3.01. The molecule has 0 bridgehead atoms. The highest BCUT2D eigenvalue weighted by Crippen LogP contribution is 2.28. The molecule has 1 aliphatic heterocycles. The number of pyridine rings is 1. The zero-order valence-corrected chi connectivity index (χ0v) is 15.5. The van der Waals surface area contributed by atoms with Crippen molar-refractivity contribution in [1.29, 1.82) is 0 Å². The van der Waals surface area contributed by atoms with Crippen molar-refractivity contribution in [3.8, 4) is 0 Å². The molecule has 3 N–H and O–H groups in total. The molecule has 1 aliphatic rings. The Morgan fingerprint density at radius 1 is 1.30 bits per heavy atom. The Labute approximate surface area is 159 Å². The average Bonchev–Trinajstić information content (AvgIpc) is 3.18. The Balaban J connectivity index is 1.54. The van der Waals surface area contributed by atoms with E-state index in [4.69, 9.17) is 0 Å². The lowest BCUT2D eigenvalue weighted by atomic mass is 10.0. The maximum absolute atomic E-state index is 12.3. The minimum absolute atomic E-state index is 0.120. The van der Waals surface area contributed by atoms with Crippen molar-refractivity contribution >= 4 is 22.6 Å². The van der Waals surface area contributed by atoms with Gasteiger partial charge in [0.1, 0.15) is 5.65 Å². The van der Waals surface area contributed by atoms with Crippen LogP contribution >= 0.6 is 0 Å². The number of H-pyrrole nitrogens is 1. The molecule has 1 fully saturated rings. The standard InChI is InChI=1S/C21H25N5O/c1-22-21(27)18-12-24-20-17(9-10-23-20)19(18)25-16-8-5-11-26(14-16)13-15-6-3-2-4-7-15/h2-4,6-7,9-10,12,16H,5,8,11,13-14H2,1H3,(H,22,27)(H2,23,24,25)/t16-/m0/s1. The van der Waals surface area contributed by atoms with E-state index in [0.29, 0.717) is 11.6 Å². The van der Waals surface area contributed by atoms with Crippen LogP contribution in [0, 0.1) is 0 Å². The molecule has 0 radical (unpaired) electrons. The summed E-state index contributed by atoms with van der Waals surface area (Å²) in [5, 5.41) is 7.32. The predicted molar refractivity (Wildman–Crippen MR) is 108 cm³/mol. The topological polar surface area (TPSA) is 73.0 Å². The second-order valence-electron chi connectivity index (χ2n) is 7.07. The number of hydrogen-bond acceptors (Lipinski definition) is 4. The molecule has 6 nitrogen and oxygen atoms in total. The molecule has 1 atom stereocenters. The first kappa shape index (κ1) is 17.5. The van der Waals surface area contributed by atoms with Gasteiger partial charge in [0.2, 0.25) is 0 Å². The first-order valence-corrected chi connectivity index (χ1v) is 9.45. The van der Waals surface area contributed by atoms with Gasteiger partial charge in [0.05, 0.1) is 11.3 Å². The molecule has 0 unspecified atom stereocenters. The SMILES string of the molecule is CNC(=O)c1cnc2[nH]ccc2c1N[C@H]1CCCN(Cc2ccccc2)C1. The Morgan fingerprint density at radius 3 is 2.96 bits per heavy atom. The fourth-order valence-electron chi connectivity index (χ4n) is 3.83. The van der Waals surface area contributed by atoms with E-state index in [2.05, 4.69) is 55.8 Å². The van der Waals surface area contributed by atoms with Crippen LogP contribution in [0.15, 0.2) is 48.8 Å². The molecular formula is C21H25N5O. The molecular weight excluding hydrogens is 338 g/mol. The summed E-state index contributed by atoms with van der Waals surface area (Å²) in [6, 6.07) is 12.8. The van der Waals surface area contributed by atoms with Gasteiger partial charge in [-0.25, -0.2) is 4.98 Å². The van der Waals surface area contributed by atoms with Crippen molar-refractivity contribution in [2.24, 2.45) is 0 Å². The van der Waals surface area contributed by atoms with E-state index in [1.54, 1.807) is 13.2 Å². The van der Waals surface area contributed by atoms with Crippen LogP contribution in [-0.4, -0.2) is 47.0 Å². The van der Waals surface area contributed by atoms with Gasteiger partial charge in [0, 0.05) is 44.0 Å². The van der Waals surface area contributed by atoms with Gasteiger partial charge in [0.25, 0.3) is 5.91 Å². The van der Waals surface area contributed by atoms with Crippen LogP contribution in [0.4, 0.5) is 5.69 Å². The highest BCUT2D eigenvalue weighted by Gasteiger charge is 2.23. The Kier molecular flexibility index (Phi) is 5.07. The summed E-state index contributed by atoms with van der Waals surface area (Å²) in [4.78, 5) is 22.3. The molecule has 1 saturated heterocycles. The van der Waals surface area contributed by atoms with Gasteiger partial charge in [-0.1, -0.05) is 30.3 Å².